The first-order chi connectivity index (χ1) is 31.1. The smallest absolute Gasteiger partial charge is 0.326 e. The van der Waals surface area contributed by atoms with Gasteiger partial charge < -0.3 is 52.7 Å². The predicted molar refractivity (Wildman–Crippen MR) is 244 cm³/mol. The number of benzene rings is 2. The van der Waals surface area contributed by atoms with Crippen LogP contribution in [0.2, 0.25) is 0 Å². The lowest BCUT2D eigenvalue weighted by atomic mass is 9.96. The summed E-state index contributed by atoms with van der Waals surface area (Å²) in [7, 11) is 0. The fraction of sp³-hybridized carbons (Fsp3) is 0.553. The first-order valence-corrected chi connectivity index (χ1v) is 22.6. The van der Waals surface area contributed by atoms with Crippen LogP contribution in [0.1, 0.15) is 91.7 Å². The molecule has 0 spiro atoms. The van der Waals surface area contributed by atoms with Crippen molar-refractivity contribution in [1.29, 1.82) is 0 Å². The molecule has 0 saturated carbocycles. The summed E-state index contributed by atoms with van der Waals surface area (Å²) in [5, 5.41) is 34.9. The lowest BCUT2D eigenvalue weighted by Gasteiger charge is -2.31. The van der Waals surface area contributed by atoms with Gasteiger partial charge in [0.05, 0.1) is 6.04 Å². The highest BCUT2D eigenvalue weighted by Gasteiger charge is 2.40. The Morgan fingerprint density at radius 1 is 0.621 bits per heavy atom. The summed E-state index contributed by atoms with van der Waals surface area (Å²) in [4.78, 5) is 121. The molecule has 1 heterocycles. The zero-order chi connectivity index (χ0) is 49.2. The number of carbonyl (C=O) groups excluding carboxylic acids is 7. The van der Waals surface area contributed by atoms with Gasteiger partial charge in [0.1, 0.15) is 42.3 Å². The SMILES string of the molecule is CC[C@H](C)[C@H](NC(=O)[C@@H](N)CCC(=O)O)C(=O)N[C@@H](Cc1ccccc1)C(=O)N[C@@H](Cc1ccccc1)C(=O)N[C@@H](C)C(=O)N[C@H](C(=O)N[C@H](C(=O)N1CCC[C@H]1C(=O)O)C(C)C)C(C)C. The molecule has 1 saturated heterocycles. The molecule has 0 aromatic heterocycles. The predicted octanol–water partition coefficient (Wildman–Crippen LogP) is 1.03. The fourth-order valence-electron chi connectivity index (χ4n) is 7.44. The maximum absolute atomic E-state index is 14.3. The molecule has 0 aliphatic carbocycles. The Hall–Kier alpha value is -6.37. The third kappa shape index (κ3) is 16.3. The third-order valence-electron chi connectivity index (χ3n) is 11.7. The molecule has 10 N–H and O–H groups in total. The molecule has 362 valence electrons. The van der Waals surface area contributed by atoms with Crippen molar-refractivity contribution >= 4 is 53.3 Å². The summed E-state index contributed by atoms with van der Waals surface area (Å²) in [5.74, 6) is -8.50. The summed E-state index contributed by atoms with van der Waals surface area (Å²) in [6.07, 6.45) is 0.682. The fourth-order valence-corrected chi connectivity index (χ4v) is 7.44. The van der Waals surface area contributed by atoms with Gasteiger partial charge in [-0.3, -0.25) is 38.4 Å². The van der Waals surface area contributed by atoms with E-state index in [1.807, 2.05) is 0 Å². The molecule has 1 aliphatic rings. The Labute approximate surface area is 386 Å². The second-order valence-corrected chi connectivity index (χ2v) is 17.6. The number of carboxylic acids is 2. The molecule has 1 fully saturated rings. The summed E-state index contributed by atoms with van der Waals surface area (Å²) in [6, 6.07) is 8.17. The average Bonchev–Trinajstić information content (AvgIpc) is 3.78. The average molecular weight is 921 g/mol. The zero-order valence-corrected chi connectivity index (χ0v) is 38.9. The molecule has 66 heavy (non-hydrogen) atoms. The van der Waals surface area contributed by atoms with Crippen LogP contribution >= 0.6 is 0 Å². The molecule has 1 aliphatic heterocycles. The Morgan fingerprint density at radius 2 is 1.09 bits per heavy atom. The topological polar surface area (TPSA) is 296 Å². The molecule has 2 aromatic rings. The van der Waals surface area contributed by atoms with Gasteiger partial charge in [0.25, 0.3) is 0 Å². The summed E-state index contributed by atoms with van der Waals surface area (Å²) in [5.41, 5.74) is 7.27. The van der Waals surface area contributed by atoms with Crippen LogP contribution in [0.5, 0.6) is 0 Å². The number of hydrogen-bond acceptors (Lipinski definition) is 10. The van der Waals surface area contributed by atoms with E-state index in [1.54, 1.807) is 102 Å². The van der Waals surface area contributed by atoms with Crippen molar-refractivity contribution in [2.75, 3.05) is 6.54 Å². The van der Waals surface area contributed by atoms with Crippen molar-refractivity contribution in [2.24, 2.45) is 23.5 Å². The van der Waals surface area contributed by atoms with Gasteiger partial charge >= 0.3 is 11.9 Å². The van der Waals surface area contributed by atoms with Crippen LogP contribution in [0.15, 0.2) is 60.7 Å². The lowest BCUT2D eigenvalue weighted by Crippen LogP contribution is -2.61. The summed E-state index contributed by atoms with van der Waals surface area (Å²) in [6.45, 7) is 12.0. The highest BCUT2D eigenvalue weighted by atomic mass is 16.4. The number of nitrogens with two attached hydrogens (primary N) is 1. The molecule has 19 nitrogen and oxygen atoms in total. The van der Waals surface area contributed by atoms with Gasteiger partial charge in [-0.05, 0) is 55.1 Å². The standard InChI is InChI=1S/C47H68N8O11/c1-8-28(6)39(54-41(59)32(48)21-22-36(56)57)45(63)51-34(25-31-18-13-10-14-19-31)43(61)50-33(24-30-16-11-9-12-17-30)42(60)49-29(7)40(58)52-37(26(2)3)44(62)53-38(27(4)5)46(64)55-23-15-20-35(55)47(65)66/h9-14,16-19,26-29,32-35,37-39H,8,15,20-25,48H2,1-7H3,(H,49,60)(H,50,61)(H,51,63)(H,52,58)(H,53,62)(H,54,59)(H,56,57)(H,65,66)/t28-,29-,32-,33-,34-,35-,37-,38-,39-/m0/s1. The number of rotatable bonds is 25. The van der Waals surface area contributed by atoms with E-state index >= 15 is 0 Å². The second kappa shape index (κ2) is 25.9. The molecule has 7 amide bonds. The molecule has 0 radical (unpaired) electrons. The molecular weight excluding hydrogens is 853 g/mol. The first kappa shape index (κ1) is 54.0. The van der Waals surface area contributed by atoms with Crippen LogP contribution in [0.3, 0.4) is 0 Å². The van der Waals surface area contributed by atoms with Crippen molar-refractivity contribution in [3.8, 4) is 0 Å². The van der Waals surface area contributed by atoms with Gasteiger partial charge in [0, 0.05) is 25.8 Å². The van der Waals surface area contributed by atoms with Gasteiger partial charge in [-0.1, -0.05) is 109 Å². The molecule has 3 rings (SSSR count). The van der Waals surface area contributed by atoms with Crippen molar-refractivity contribution in [2.45, 2.75) is 142 Å². The number of carbonyl (C=O) groups is 9. The van der Waals surface area contributed by atoms with Crippen molar-refractivity contribution in [3.05, 3.63) is 71.8 Å². The van der Waals surface area contributed by atoms with Gasteiger partial charge in [-0.2, -0.15) is 0 Å². The Morgan fingerprint density at radius 3 is 1.58 bits per heavy atom. The molecule has 0 unspecified atom stereocenters. The minimum absolute atomic E-state index is 0.0176. The van der Waals surface area contributed by atoms with Gasteiger partial charge in [0.15, 0.2) is 0 Å². The van der Waals surface area contributed by atoms with E-state index in [-0.39, 0.29) is 32.2 Å². The minimum atomic E-state index is -1.29. The van der Waals surface area contributed by atoms with Gasteiger partial charge in [-0.25, -0.2) is 4.79 Å². The van der Waals surface area contributed by atoms with E-state index < -0.39 is 119 Å². The molecule has 2 aromatic carbocycles. The summed E-state index contributed by atoms with van der Waals surface area (Å²) >= 11 is 0. The Bertz CT molecular complexity index is 2000. The van der Waals surface area contributed by atoms with Gasteiger partial charge in [0.2, 0.25) is 41.4 Å². The van der Waals surface area contributed by atoms with Crippen LogP contribution in [0, 0.1) is 17.8 Å². The zero-order valence-electron chi connectivity index (χ0n) is 38.9. The van der Waals surface area contributed by atoms with E-state index in [1.165, 1.54) is 11.8 Å². The Balaban J connectivity index is 1.84. The number of nitrogens with zero attached hydrogens (tertiary/aromatic N) is 1. The number of likely N-dealkylation sites (tertiary alicyclic amines) is 1. The number of nitrogens with one attached hydrogen (secondary N) is 6. The molecule has 9 atom stereocenters. The maximum atomic E-state index is 14.3. The van der Waals surface area contributed by atoms with Crippen LogP contribution in [0.25, 0.3) is 0 Å². The lowest BCUT2D eigenvalue weighted by molar-refractivity contribution is -0.150. The van der Waals surface area contributed by atoms with E-state index in [0.717, 1.165) is 0 Å². The van der Waals surface area contributed by atoms with E-state index in [2.05, 4.69) is 31.9 Å². The van der Waals surface area contributed by atoms with Crippen LogP contribution in [-0.4, -0.2) is 123 Å². The van der Waals surface area contributed by atoms with Crippen LogP contribution < -0.4 is 37.6 Å². The number of carboxylic acid groups (broad SMARTS) is 2. The Kier molecular flexibility index (Phi) is 21.2. The first-order valence-electron chi connectivity index (χ1n) is 22.6. The number of amides is 7. The number of hydrogen-bond donors (Lipinski definition) is 9. The normalized spacial score (nSPS) is 17.2. The number of aliphatic carboxylic acids is 2. The minimum Gasteiger partial charge on any atom is -0.481 e. The highest BCUT2D eigenvalue weighted by Crippen LogP contribution is 2.21. The van der Waals surface area contributed by atoms with Crippen LogP contribution in [-0.2, 0) is 56.0 Å². The maximum Gasteiger partial charge on any atom is 0.326 e. The van der Waals surface area contributed by atoms with Crippen molar-refractivity contribution in [3.63, 3.8) is 0 Å². The second-order valence-electron chi connectivity index (χ2n) is 17.6. The van der Waals surface area contributed by atoms with Crippen molar-refractivity contribution < 1.29 is 53.4 Å². The monoisotopic (exact) mass is 921 g/mol. The van der Waals surface area contributed by atoms with E-state index in [4.69, 9.17) is 10.8 Å². The third-order valence-corrected chi connectivity index (χ3v) is 11.7. The quantitative estimate of drug-likeness (QED) is 0.0675. The largest absolute Gasteiger partial charge is 0.481 e. The molecular formula is C47H68N8O11. The van der Waals surface area contributed by atoms with Crippen molar-refractivity contribution in [1.82, 2.24) is 36.8 Å². The van der Waals surface area contributed by atoms with Gasteiger partial charge in [-0.15, -0.1) is 0 Å². The van der Waals surface area contributed by atoms with Crippen LogP contribution in [0.4, 0.5) is 0 Å². The highest BCUT2D eigenvalue weighted by molar-refractivity contribution is 5.98. The van der Waals surface area contributed by atoms with E-state index in [0.29, 0.717) is 30.4 Å². The van der Waals surface area contributed by atoms with E-state index in [9.17, 15) is 48.3 Å². The summed E-state index contributed by atoms with van der Waals surface area (Å²) < 4.78 is 0. The molecule has 19 heteroatoms. The molecule has 0 bridgehead atoms.